The predicted octanol–water partition coefficient (Wildman–Crippen LogP) is 8.68. The second-order valence-electron chi connectivity index (χ2n) is 8.81. The van der Waals surface area contributed by atoms with Crippen molar-refractivity contribution < 1.29 is 0 Å². The molecule has 0 aromatic heterocycles. The van der Waals surface area contributed by atoms with E-state index in [9.17, 15) is 5.26 Å². The number of benzene rings is 5. The number of fused-ring (bicyclic) bond motifs is 3. The fraction of sp³-hybridized carbons (Fsp3) is 0.0303. The van der Waals surface area contributed by atoms with Crippen LogP contribution in [0.1, 0.15) is 16.7 Å². The molecule has 5 aromatic carbocycles. The van der Waals surface area contributed by atoms with E-state index in [2.05, 4.69) is 65.5 Å². The van der Waals surface area contributed by atoms with Gasteiger partial charge in [-0.1, -0.05) is 78.9 Å². The van der Waals surface area contributed by atoms with Crippen molar-refractivity contribution in [2.75, 3.05) is 0 Å². The minimum atomic E-state index is 0.643. The zero-order valence-electron chi connectivity index (χ0n) is 19.0. The molecule has 0 atom stereocenters. The summed E-state index contributed by atoms with van der Waals surface area (Å²) < 4.78 is 0. The molecular formula is C33H20N2. The van der Waals surface area contributed by atoms with Gasteiger partial charge < -0.3 is 0 Å². The van der Waals surface area contributed by atoms with Gasteiger partial charge in [-0.3, -0.25) is 0 Å². The van der Waals surface area contributed by atoms with Crippen molar-refractivity contribution in [2.24, 2.45) is 0 Å². The van der Waals surface area contributed by atoms with Gasteiger partial charge in [-0.05, 0) is 92.4 Å². The van der Waals surface area contributed by atoms with Crippen LogP contribution in [-0.2, 0) is 6.42 Å². The Kier molecular flexibility index (Phi) is 4.99. The molecule has 0 saturated heterocycles. The van der Waals surface area contributed by atoms with Crippen LogP contribution in [0.4, 0.5) is 5.69 Å². The van der Waals surface area contributed by atoms with Crippen LogP contribution in [0.2, 0.25) is 0 Å². The summed E-state index contributed by atoms with van der Waals surface area (Å²) in [6, 6.07) is 39.6. The molecule has 0 bridgehead atoms. The number of rotatable bonds is 3. The van der Waals surface area contributed by atoms with Gasteiger partial charge in [0.2, 0.25) is 0 Å². The number of hydrogen-bond acceptors (Lipinski definition) is 1. The summed E-state index contributed by atoms with van der Waals surface area (Å²) in [4.78, 5) is 3.55. The Bertz CT molecular complexity index is 1650. The molecule has 2 heteroatoms. The molecule has 0 fully saturated rings. The lowest BCUT2D eigenvalue weighted by Crippen LogP contribution is -1.91. The molecule has 6 rings (SSSR count). The molecular weight excluding hydrogens is 424 g/mol. The van der Waals surface area contributed by atoms with Crippen LogP contribution < -0.4 is 0 Å². The van der Waals surface area contributed by atoms with E-state index in [0.29, 0.717) is 11.3 Å². The van der Waals surface area contributed by atoms with Crippen LogP contribution in [-0.4, -0.2) is 0 Å². The Hall–Kier alpha value is -4.92. The standard InChI is InChI=1S/C33H20N2/c1-35-29-15-13-25(14-16-29)30-19-28(24-9-7-22(21-34)8-10-24)20-33-31-17-26(23-5-3-2-4-6-23)11-12-27(31)18-32(30)33/h2-17,19-20H,18H2. The van der Waals surface area contributed by atoms with Gasteiger partial charge >= 0.3 is 0 Å². The lowest BCUT2D eigenvalue weighted by molar-refractivity contribution is 1.26. The molecule has 0 radical (unpaired) electrons. The van der Waals surface area contributed by atoms with E-state index >= 15 is 0 Å². The Morgan fingerprint density at radius 3 is 1.94 bits per heavy atom. The van der Waals surface area contributed by atoms with Crippen LogP contribution in [0.5, 0.6) is 0 Å². The van der Waals surface area contributed by atoms with Crippen molar-refractivity contribution in [1.82, 2.24) is 0 Å². The minimum Gasteiger partial charge on any atom is -0.238 e. The third-order valence-electron chi connectivity index (χ3n) is 6.78. The summed E-state index contributed by atoms with van der Waals surface area (Å²) in [5, 5.41) is 9.22. The summed E-state index contributed by atoms with van der Waals surface area (Å²) in [5.41, 5.74) is 13.4. The van der Waals surface area contributed by atoms with E-state index in [-0.39, 0.29) is 0 Å². The summed E-state index contributed by atoms with van der Waals surface area (Å²) in [6.45, 7) is 7.30. The summed E-state index contributed by atoms with van der Waals surface area (Å²) in [6.07, 6.45) is 0.882. The van der Waals surface area contributed by atoms with E-state index < -0.39 is 0 Å². The molecule has 162 valence electrons. The summed E-state index contributed by atoms with van der Waals surface area (Å²) in [7, 11) is 0. The normalized spacial score (nSPS) is 11.3. The van der Waals surface area contributed by atoms with E-state index in [1.807, 2.05) is 54.6 Å². The second-order valence-corrected chi connectivity index (χ2v) is 8.81. The highest BCUT2D eigenvalue weighted by Gasteiger charge is 2.24. The van der Waals surface area contributed by atoms with Gasteiger partial charge in [0.25, 0.3) is 0 Å². The van der Waals surface area contributed by atoms with Gasteiger partial charge in [0.1, 0.15) is 0 Å². The van der Waals surface area contributed by atoms with Crippen molar-refractivity contribution in [2.45, 2.75) is 6.42 Å². The maximum atomic E-state index is 9.22. The van der Waals surface area contributed by atoms with E-state index in [1.165, 1.54) is 38.9 Å². The zero-order chi connectivity index (χ0) is 23.8. The highest BCUT2D eigenvalue weighted by molar-refractivity contribution is 5.91. The number of nitriles is 1. The van der Waals surface area contributed by atoms with Crippen molar-refractivity contribution >= 4 is 5.69 Å². The van der Waals surface area contributed by atoms with Crippen LogP contribution in [0.15, 0.2) is 109 Å². The van der Waals surface area contributed by atoms with Crippen molar-refractivity contribution in [3.8, 4) is 50.6 Å². The molecule has 35 heavy (non-hydrogen) atoms. The molecule has 1 aliphatic carbocycles. The molecule has 0 amide bonds. The van der Waals surface area contributed by atoms with Gasteiger partial charge in [-0.15, -0.1) is 0 Å². The molecule has 0 spiro atoms. The highest BCUT2D eigenvalue weighted by atomic mass is 14.6. The number of hydrogen-bond donors (Lipinski definition) is 0. The molecule has 0 heterocycles. The first kappa shape index (κ1) is 20.7. The average Bonchev–Trinajstić information content (AvgIpc) is 3.31. The van der Waals surface area contributed by atoms with Gasteiger partial charge in [0, 0.05) is 0 Å². The Balaban J connectivity index is 1.56. The summed E-state index contributed by atoms with van der Waals surface area (Å²) in [5.74, 6) is 0. The molecule has 0 aliphatic heterocycles. The number of nitrogens with zero attached hydrogens (tertiary/aromatic N) is 2. The fourth-order valence-corrected chi connectivity index (χ4v) is 4.96. The van der Waals surface area contributed by atoms with Crippen molar-refractivity contribution in [1.29, 1.82) is 5.26 Å². The van der Waals surface area contributed by atoms with Crippen molar-refractivity contribution in [3.05, 3.63) is 137 Å². The topological polar surface area (TPSA) is 28.1 Å². The monoisotopic (exact) mass is 444 g/mol. The molecule has 0 saturated carbocycles. The first-order chi connectivity index (χ1) is 17.2. The molecule has 5 aromatic rings. The second kappa shape index (κ2) is 8.45. The van der Waals surface area contributed by atoms with Gasteiger partial charge in [-0.2, -0.15) is 5.26 Å². The molecule has 0 unspecified atom stereocenters. The predicted molar refractivity (Wildman–Crippen MR) is 142 cm³/mol. The lowest BCUT2D eigenvalue weighted by atomic mass is 9.90. The van der Waals surface area contributed by atoms with E-state index in [0.717, 1.165) is 23.1 Å². The van der Waals surface area contributed by atoms with Crippen LogP contribution in [0.3, 0.4) is 0 Å². The van der Waals surface area contributed by atoms with Crippen LogP contribution in [0.25, 0.3) is 49.4 Å². The Morgan fingerprint density at radius 2 is 1.23 bits per heavy atom. The maximum Gasteiger partial charge on any atom is 0.187 e. The first-order valence-corrected chi connectivity index (χ1v) is 11.6. The third kappa shape index (κ3) is 3.68. The molecule has 2 nitrogen and oxygen atoms in total. The smallest absolute Gasteiger partial charge is 0.187 e. The largest absolute Gasteiger partial charge is 0.238 e. The van der Waals surface area contributed by atoms with E-state index in [1.54, 1.807) is 0 Å². The highest BCUT2D eigenvalue weighted by Crippen LogP contribution is 2.45. The average molecular weight is 445 g/mol. The van der Waals surface area contributed by atoms with Crippen molar-refractivity contribution in [3.63, 3.8) is 0 Å². The summed E-state index contributed by atoms with van der Waals surface area (Å²) >= 11 is 0. The van der Waals surface area contributed by atoms with Gasteiger partial charge in [-0.25, -0.2) is 4.85 Å². The van der Waals surface area contributed by atoms with E-state index in [4.69, 9.17) is 6.57 Å². The first-order valence-electron chi connectivity index (χ1n) is 11.6. The minimum absolute atomic E-state index is 0.643. The zero-order valence-corrected chi connectivity index (χ0v) is 19.0. The Labute approximate surface area is 205 Å². The van der Waals surface area contributed by atoms with Gasteiger partial charge in [0.15, 0.2) is 5.69 Å². The third-order valence-corrected chi connectivity index (χ3v) is 6.78. The van der Waals surface area contributed by atoms with Crippen LogP contribution >= 0.6 is 0 Å². The van der Waals surface area contributed by atoms with Gasteiger partial charge in [0.05, 0.1) is 18.2 Å². The quantitative estimate of drug-likeness (QED) is 0.251. The maximum absolute atomic E-state index is 9.22. The SMILES string of the molecule is [C-]#[N+]c1ccc(-c2cc(-c3ccc(C#N)cc3)cc3c2Cc2ccc(-c4ccccc4)cc2-3)cc1. The molecule has 0 N–H and O–H groups in total. The fourth-order valence-electron chi connectivity index (χ4n) is 4.96. The molecule has 1 aliphatic rings. The van der Waals surface area contributed by atoms with Crippen LogP contribution in [0, 0.1) is 17.9 Å². The lowest BCUT2D eigenvalue weighted by Gasteiger charge is -2.14. The Morgan fingerprint density at radius 1 is 0.600 bits per heavy atom.